The van der Waals surface area contributed by atoms with Crippen molar-refractivity contribution in [1.82, 2.24) is 25.4 Å². The Morgan fingerprint density at radius 1 is 1.03 bits per heavy atom. The minimum Gasteiger partial charge on any atom is -0.352 e. The summed E-state index contributed by atoms with van der Waals surface area (Å²) < 4.78 is 1.73. The Hall–Kier alpha value is -3.22. The van der Waals surface area contributed by atoms with E-state index in [0.29, 0.717) is 6.54 Å². The molecule has 0 saturated heterocycles. The van der Waals surface area contributed by atoms with Gasteiger partial charge in [0.1, 0.15) is 6.54 Å². The first-order chi connectivity index (χ1) is 14.2. The molecule has 3 aromatic rings. The molecule has 2 N–H and O–H groups in total. The Balaban J connectivity index is 1.22. The third-order valence-electron chi connectivity index (χ3n) is 5.52. The summed E-state index contributed by atoms with van der Waals surface area (Å²) in [5.41, 5.74) is 2.00. The van der Waals surface area contributed by atoms with Crippen molar-refractivity contribution < 1.29 is 9.59 Å². The molecule has 1 saturated carbocycles. The van der Waals surface area contributed by atoms with E-state index in [1.807, 2.05) is 36.4 Å². The van der Waals surface area contributed by atoms with Crippen molar-refractivity contribution in [1.29, 1.82) is 0 Å². The van der Waals surface area contributed by atoms with Crippen LogP contribution in [0, 0.1) is 5.92 Å². The minimum absolute atomic E-state index is 0.0139. The molecular formula is C22H25N5O2. The van der Waals surface area contributed by atoms with Gasteiger partial charge in [0.05, 0.1) is 11.7 Å². The van der Waals surface area contributed by atoms with Gasteiger partial charge in [0.25, 0.3) is 0 Å². The summed E-state index contributed by atoms with van der Waals surface area (Å²) in [5.74, 6) is 0.0686. The number of fused-ring (bicyclic) bond motifs is 1. The number of nitrogens with one attached hydrogen (secondary N) is 2. The van der Waals surface area contributed by atoms with Gasteiger partial charge in [0.2, 0.25) is 11.8 Å². The van der Waals surface area contributed by atoms with Gasteiger partial charge in [0, 0.05) is 36.3 Å². The Labute approximate surface area is 169 Å². The van der Waals surface area contributed by atoms with Gasteiger partial charge in [-0.2, -0.15) is 5.10 Å². The minimum atomic E-state index is -0.0376. The van der Waals surface area contributed by atoms with E-state index >= 15 is 0 Å². The number of aromatic nitrogens is 3. The van der Waals surface area contributed by atoms with Gasteiger partial charge in [-0.15, -0.1) is 0 Å². The second kappa shape index (κ2) is 8.86. The maximum atomic E-state index is 12.4. The molecule has 7 heteroatoms. The predicted octanol–water partition coefficient (Wildman–Crippen LogP) is 2.42. The van der Waals surface area contributed by atoms with Crippen LogP contribution in [0.25, 0.3) is 10.9 Å². The van der Waals surface area contributed by atoms with Gasteiger partial charge in [-0.05, 0) is 49.4 Å². The molecular weight excluding hydrogens is 366 g/mol. The maximum absolute atomic E-state index is 12.4. The fraction of sp³-hybridized carbons (Fsp3) is 0.364. The Bertz CT molecular complexity index is 977. The van der Waals surface area contributed by atoms with Gasteiger partial charge in [0.15, 0.2) is 0 Å². The zero-order valence-corrected chi connectivity index (χ0v) is 16.3. The zero-order valence-electron chi connectivity index (χ0n) is 16.3. The molecule has 2 aromatic heterocycles. The molecule has 0 atom stereocenters. The molecule has 0 aliphatic heterocycles. The van der Waals surface area contributed by atoms with Crippen molar-refractivity contribution in [2.45, 2.75) is 44.8 Å². The maximum Gasteiger partial charge on any atom is 0.241 e. The van der Waals surface area contributed by atoms with E-state index in [2.05, 4.69) is 20.7 Å². The lowest BCUT2D eigenvalue weighted by Gasteiger charge is -2.28. The second-order valence-corrected chi connectivity index (χ2v) is 7.55. The zero-order chi connectivity index (χ0) is 20.1. The van der Waals surface area contributed by atoms with Crippen molar-refractivity contribution in [2.24, 2.45) is 5.92 Å². The van der Waals surface area contributed by atoms with Crippen LogP contribution in [-0.4, -0.2) is 32.6 Å². The Morgan fingerprint density at radius 3 is 2.59 bits per heavy atom. The molecule has 2 heterocycles. The number of nitrogens with zero attached hydrogens (tertiary/aromatic N) is 3. The molecule has 1 aromatic carbocycles. The largest absolute Gasteiger partial charge is 0.352 e. The third-order valence-corrected chi connectivity index (χ3v) is 5.52. The van der Waals surface area contributed by atoms with Crippen molar-refractivity contribution >= 4 is 22.7 Å². The fourth-order valence-corrected chi connectivity index (χ4v) is 3.90. The normalized spacial score (nSPS) is 19.0. The van der Waals surface area contributed by atoms with Gasteiger partial charge >= 0.3 is 0 Å². The van der Waals surface area contributed by atoms with E-state index in [1.54, 1.807) is 23.3 Å². The summed E-state index contributed by atoms with van der Waals surface area (Å²) in [6.07, 6.45) is 8.44. The van der Waals surface area contributed by atoms with E-state index in [1.165, 1.54) is 0 Å². The summed E-state index contributed by atoms with van der Waals surface area (Å²) in [6, 6.07) is 11.8. The first-order valence-corrected chi connectivity index (χ1v) is 10.1. The van der Waals surface area contributed by atoms with Crippen molar-refractivity contribution in [3.8, 4) is 0 Å². The molecule has 2 amide bonds. The summed E-state index contributed by atoms with van der Waals surface area (Å²) in [5, 5.41) is 11.4. The highest BCUT2D eigenvalue weighted by molar-refractivity contribution is 5.82. The molecule has 0 unspecified atom stereocenters. The smallest absolute Gasteiger partial charge is 0.241 e. The van der Waals surface area contributed by atoms with E-state index in [0.717, 1.165) is 42.1 Å². The number of amides is 2. The average Bonchev–Trinajstić information content (AvgIpc) is 3.16. The lowest BCUT2D eigenvalue weighted by atomic mass is 9.85. The quantitative estimate of drug-likeness (QED) is 0.675. The highest BCUT2D eigenvalue weighted by Gasteiger charge is 2.27. The van der Waals surface area contributed by atoms with Crippen molar-refractivity contribution in [3.05, 3.63) is 60.6 Å². The highest BCUT2D eigenvalue weighted by Crippen LogP contribution is 2.24. The molecule has 1 aliphatic carbocycles. The summed E-state index contributed by atoms with van der Waals surface area (Å²) in [7, 11) is 0. The van der Waals surface area contributed by atoms with Crippen LogP contribution in [0.4, 0.5) is 0 Å². The van der Waals surface area contributed by atoms with E-state index < -0.39 is 0 Å². The molecule has 4 rings (SSSR count). The number of benzene rings is 1. The lowest BCUT2D eigenvalue weighted by Crippen LogP contribution is -2.42. The first kappa shape index (κ1) is 19.1. The fourth-order valence-electron chi connectivity index (χ4n) is 3.90. The first-order valence-electron chi connectivity index (χ1n) is 10.1. The van der Waals surface area contributed by atoms with Gasteiger partial charge in [-0.3, -0.25) is 19.3 Å². The standard InChI is InChI=1S/C22H25N5O2/c28-21(15-27-20-4-2-1-3-18(20)14-25-27)26-19-7-5-17(6-8-19)22(29)24-13-16-9-11-23-12-10-16/h1-4,9-12,14,17,19H,5-8,13,15H2,(H,24,29)(H,26,28). The summed E-state index contributed by atoms with van der Waals surface area (Å²) in [6.45, 7) is 0.732. The van der Waals surface area contributed by atoms with Crippen LogP contribution in [0.5, 0.6) is 0 Å². The molecule has 0 radical (unpaired) electrons. The lowest BCUT2D eigenvalue weighted by molar-refractivity contribution is -0.126. The van der Waals surface area contributed by atoms with Crippen LogP contribution >= 0.6 is 0 Å². The molecule has 0 spiro atoms. The molecule has 29 heavy (non-hydrogen) atoms. The molecule has 7 nitrogen and oxygen atoms in total. The topological polar surface area (TPSA) is 88.9 Å². The SMILES string of the molecule is O=C(Cn1ncc2ccccc21)NC1CCC(C(=O)NCc2ccncc2)CC1. The molecule has 0 bridgehead atoms. The van der Waals surface area contributed by atoms with Gasteiger partial charge in [-0.1, -0.05) is 18.2 Å². The molecule has 150 valence electrons. The van der Waals surface area contributed by atoms with E-state index in [-0.39, 0.29) is 30.3 Å². The molecule has 1 fully saturated rings. The van der Waals surface area contributed by atoms with Crippen LogP contribution in [0.3, 0.4) is 0 Å². The monoisotopic (exact) mass is 391 g/mol. The van der Waals surface area contributed by atoms with Gasteiger partial charge < -0.3 is 10.6 Å². The van der Waals surface area contributed by atoms with Crippen LogP contribution < -0.4 is 10.6 Å². The number of carbonyl (C=O) groups excluding carboxylic acids is 2. The number of hydrogen-bond donors (Lipinski definition) is 2. The second-order valence-electron chi connectivity index (χ2n) is 7.55. The van der Waals surface area contributed by atoms with Crippen LogP contribution in [0.15, 0.2) is 55.0 Å². The third kappa shape index (κ3) is 4.80. The number of rotatable bonds is 6. The van der Waals surface area contributed by atoms with E-state index in [9.17, 15) is 9.59 Å². The van der Waals surface area contributed by atoms with Crippen molar-refractivity contribution in [2.75, 3.05) is 0 Å². The number of hydrogen-bond acceptors (Lipinski definition) is 4. The van der Waals surface area contributed by atoms with E-state index in [4.69, 9.17) is 0 Å². The van der Waals surface area contributed by atoms with Crippen LogP contribution in [-0.2, 0) is 22.7 Å². The average molecular weight is 391 g/mol. The van der Waals surface area contributed by atoms with Crippen molar-refractivity contribution in [3.63, 3.8) is 0 Å². The van der Waals surface area contributed by atoms with Gasteiger partial charge in [-0.25, -0.2) is 0 Å². The number of pyridine rings is 1. The highest BCUT2D eigenvalue weighted by atomic mass is 16.2. The predicted molar refractivity (Wildman–Crippen MR) is 110 cm³/mol. The molecule has 1 aliphatic rings. The van der Waals surface area contributed by atoms with Crippen LogP contribution in [0.1, 0.15) is 31.2 Å². The summed E-state index contributed by atoms with van der Waals surface area (Å²) >= 11 is 0. The van der Waals surface area contributed by atoms with Crippen LogP contribution in [0.2, 0.25) is 0 Å². The Kier molecular flexibility index (Phi) is 5.84. The number of carbonyl (C=O) groups is 2. The summed E-state index contributed by atoms with van der Waals surface area (Å²) in [4.78, 5) is 28.8. The number of para-hydroxylation sites is 1. The Morgan fingerprint density at radius 2 is 1.79 bits per heavy atom.